The van der Waals surface area contributed by atoms with E-state index in [1.165, 1.54) is 28.3 Å². The summed E-state index contributed by atoms with van der Waals surface area (Å²) in [5, 5.41) is 5.63. The fraction of sp³-hybridized carbons (Fsp3) is 0.438. The van der Waals surface area contributed by atoms with Crippen LogP contribution in [-0.4, -0.2) is 11.0 Å². The maximum Gasteiger partial charge on any atom is 0.107 e. The molecule has 2 nitrogen and oxygen atoms in total. The van der Waals surface area contributed by atoms with Gasteiger partial charge in [-0.15, -0.1) is 11.3 Å². The molecule has 106 valence electrons. The predicted molar refractivity (Wildman–Crippen MR) is 85.5 cm³/mol. The molecular formula is C16H19ClN2S. The molecule has 3 rings (SSSR count). The van der Waals surface area contributed by atoms with Crippen molar-refractivity contribution < 1.29 is 0 Å². The summed E-state index contributed by atoms with van der Waals surface area (Å²) < 4.78 is 0. The second-order valence-corrected chi connectivity index (χ2v) is 7.01. The lowest BCUT2D eigenvalue weighted by Gasteiger charge is -2.36. The van der Waals surface area contributed by atoms with Crippen molar-refractivity contribution in [2.45, 2.75) is 44.7 Å². The van der Waals surface area contributed by atoms with Crippen LogP contribution in [0.4, 0.5) is 0 Å². The van der Waals surface area contributed by atoms with Crippen molar-refractivity contribution in [2.24, 2.45) is 0 Å². The van der Waals surface area contributed by atoms with Crippen LogP contribution >= 0.6 is 22.9 Å². The zero-order chi connectivity index (χ0) is 13.9. The van der Waals surface area contributed by atoms with E-state index < -0.39 is 0 Å². The first-order chi connectivity index (χ1) is 9.74. The third kappa shape index (κ3) is 3.22. The topological polar surface area (TPSA) is 24.9 Å². The predicted octanol–water partition coefficient (Wildman–Crippen LogP) is 4.39. The average molecular weight is 307 g/mol. The molecule has 0 unspecified atom stereocenters. The van der Waals surface area contributed by atoms with Gasteiger partial charge in [-0.1, -0.05) is 30.7 Å². The quantitative estimate of drug-likeness (QED) is 0.886. The molecule has 0 bridgehead atoms. The molecule has 2 aromatic rings. The summed E-state index contributed by atoms with van der Waals surface area (Å²) in [6.07, 6.45) is 5.51. The van der Waals surface area contributed by atoms with Crippen LogP contribution in [0.15, 0.2) is 30.5 Å². The van der Waals surface area contributed by atoms with Crippen molar-refractivity contribution in [3.05, 3.63) is 50.9 Å². The molecule has 4 heteroatoms. The van der Waals surface area contributed by atoms with Crippen LogP contribution in [0.2, 0.25) is 5.02 Å². The van der Waals surface area contributed by atoms with Crippen LogP contribution in [0.3, 0.4) is 0 Å². The smallest absolute Gasteiger partial charge is 0.107 e. The highest BCUT2D eigenvalue weighted by Crippen LogP contribution is 2.37. The van der Waals surface area contributed by atoms with Gasteiger partial charge < -0.3 is 5.32 Å². The molecule has 20 heavy (non-hydrogen) atoms. The first-order valence-electron chi connectivity index (χ1n) is 7.17. The second kappa shape index (κ2) is 6.25. The molecule has 0 atom stereocenters. The van der Waals surface area contributed by atoms with E-state index in [1.54, 1.807) is 0 Å². The molecule has 0 aliphatic heterocycles. The van der Waals surface area contributed by atoms with Gasteiger partial charge in [0.25, 0.3) is 0 Å². The summed E-state index contributed by atoms with van der Waals surface area (Å²) in [7, 11) is 0. The molecule has 1 aromatic heterocycles. The largest absolute Gasteiger partial charge is 0.308 e. The van der Waals surface area contributed by atoms with Crippen molar-refractivity contribution in [2.75, 3.05) is 0 Å². The van der Waals surface area contributed by atoms with Crippen molar-refractivity contribution in [1.82, 2.24) is 10.3 Å². The Morgan fingerprint density at radius 3 is 2.70 bits per heavy atom. The number of aryl methyl sites for hydroxylation is 1. The Morgan fingerprint density at radius 1 is 1.30 bits per heavy atom. The van der Waals surface area contributed by atoms with E-state index in [1.807, 2.05) is 29.7 Å². The monoisotopic (exact) mass is 306 g/mol. The number of nitrogens with one attached hydrogen (secondary N) is 1. The average Bonchev–Trinajstić information content (AvgIpc) is 2.87. The molecule has 1 heterocycles. The molecule has 1 saturated carbocycles. The Morgan fingerprint density at radius 2 is 2.05 bits per heavy atom. The summed E-state index contributed by atoms with van der Waals surface area (Å²) in [6, 6.07) is 8.90. The van der Waals surface area contributed by atoms with Gasteiger partial charge in [-0.05, 0) is 42.9 Å². The third-order valence-corrected chi connectivity index (χ3v) is 5.36. The number of thiazole rings is 1. The zero-order valence-electron chi connectivity index (χ0n) is 11.6. The number of aromatic nitrogens is 1. The highest BCUT2D eigenvalue weighted by molar-refractivity contribution is 7.11. The lowest BCUT2D eigenvalue weighted by Crippen LogP contribution is -2.39. The van der Waals surface area contributed by atoms with E-state index in [9.17, 15) is 0 Å². The number of rotatable bonds is 5. The lowest BCUT2D eigenvalue weighted by atomic mass is 9.76. The SMILES string of the molecule is CCc1cnc(CNC2CC(c3ccc(Cl)cc3)C2)s1. The van der Waals surface area contributed by atoms with Crippen LogP contribution in [0.1, 0.15) is 41.1 Å². The van der Waals surface area contributed by atoms with Gasteiger partial charge in [-0.3, -0.25) is 0 Å². The summed E-state index contributed by atoms with van der Waals surface area (Å²) in [4.78, 5) is 5.82. The van der Waals surface area contributed by atoms with Gasteiger partial charge in [0.05, 0.1) is 0 Å². The summed E-state index contributed by atoms with van der Waals surface area (Å²) in [5.74, 6) is 0.687. The van der Waals surface area contributed by atoms with E-state index in [0.29, 0.717) is 12.0 Å². The number of benzene rings is 1. The fourth-order valence-corrected chi connectivity index (χ4v) is 3.56. The highest BCUT2D eigenvalue weighted by atomic mass is 35.5. The van der Waals surface area contributed by atoms with Gasteiger partial charge in [0.15, 0.2) is 0 Å². The van der Waals surface area contributed by atoms with E-state index >= 15 is 0 Å². The fourth-order valence-electron chi connectivity index (χ4n) is 2.62. The maximum absolute atomic E-state index is 5.92. The van der Waals surface area contributed by atoms with E-state index in [2.05, 4.69) is 29.4 Å². The van der Waals surface area contributed by atoms with Crippen LogP contribution < -0.4 is 5.32 Å². The van der Waals surface area contributed by atoms with Gasteiger partial charge in [0.2, 0.25) is 0 Å². The number of hydrogen-bond acceptors (Lipinski definition) is 3. The molecule has 1 aliphatic rings. The van der Waals surface area contributed by atoms with Crippen LogP contribution in [0, 0.1) is 0 Å². The molecule has 0 spiro atoms. The van der Waals surface area contributed by atoms with E-state index in [0.717, 1.165) is 18.0 Å². The lowest BCUT2D eigenvalue weighted by molar-refractivity contribution is 0.289. The van der Waals surface area contributed by atoms with Crippen molar-refractivity contribution in [3.8, 4) is 0 Å². The summed E-state index contributed by atoms with van der Waals surface area (Å²) in [6.45, 7) is 3.08. The Balaban J connectivity index is 1.45. The van der Waals surface area contributed by atoms with Gasteiger partial charge in [-0.2, -0.15) is 0 Å². The van der Waals surface area contributed by atoms with Crippen LogP contribution in [0.25, 0.3) is 0 Å². The Bertz CT molecular complexity index is 558. The van der Waals surface area contributed by atoms with Gasteiger partial charge >= 0.3 is 0 Å². The van der Waals surface area contributed by atoms with Gasteiger partial charge in [-0.25, -0.2) is 4.98 Å². The van der Waals surface area contributed by atoms with Gasteiger partial charge in [0.1, 0.15) is 5.01 Å². The minimum absolute atomic E-state index is 0.629. The van der Waals surface area contributed by atoms with Crippen molar-refractivity contribution in [1.29, 1.82) is 0 Å². The first kappa shape index (κ1) is 14.1. The second-order valence-electron chi connectivity index (χ2n) is 5.37. The molecule has 1 N–H and O–H groups in total. The summed E-state index contributed by atoms with van der Waals surface area (Å²) in [5.41, 5.74) is 1.41. The minimum Gasteiger partial charge on any atom is -0.308 e. The van der Waals surface area contributed by atoms with Gasteiger partial charge in [0, 0.05) is 28.7 Å². The third-order valence-electron chi connectivity index (χ3n) is 3.97. The maximum atomic E-state index is 5.92. The molecule has 1 fully saturated rings. The molecule has 0 radical (unpaired) electrons. The van der Waals surface area contributed by atoms with Crippen molar-refractivity contribution >= 4 is 22.9 Å². The summed E-state index contributed by atoms with van der Waals surface area (Å²) >= 11 is 7.74. The Hall–Kier alpha value is -0.900. The van der Waals surface area contributed by atoms with Crippen LogP contribution in [0.5, 0.6) is 0 Å². The Kier molecular flexibility index (Phi) is 4.39. The minimum atomic E-state index is 0.629. The normalized spacial score (nSPS) is 21.7. The molecule has 1 aromatic carbocycles. The van der Waals surface area contributed by atoms with Crippen molar-refractivity contribution in [3.63, 3.8) is 0 Å². The van der Waals surface area contributed by atoms with Crippen LogP contribution in [-0.2, 0) is 13.0 Å². The zero-order valence-corrected chi connectivity index (χ0v) is 13.2. The Labute approximate surface area is 129 Å². The molecule has 0 amide bonds. The van der Waals surface area contributed by atoms with E-state index in [-0.39, 0.29) is 0 Å². The van der Waals surface area contributed by atoms with E-state index in [4.69, 9.17) is 11.6 Å². The molecule has 1 aliphatic carbocycles. The number of halogens is 1. The number of nitrogens with zero attached hydrogens (tertiary/aromatic N) is 1. The molecule has 0 saturated heterocycles. The molecular weight excluding hydrogens is 288 g/mol. The standard InChI is InChI=1S/C16H19ClN2S/c1-2-15-9-19-16(20-15)10-18-14-7-12(8-14)11-3-5-13(17)6-4-11/h3-6,9,12,14,18H,2,7-8,10H2,1H3. The first-order valence-corrected chi connectivity index (χ1v) is 8.36. The highest BCUT2D eigenvalue weighted by Gasteiger charge is 2.29. The number of hydrogen-bond donors (Lipinski definition) is 1.